The fourth-order valence-corrected chi connectivity index (χ4v) is 0.262. The Labute approximate surface area is 32.2 Å². The summed E-state index contributed by atoms with van der Waals surface area (Å²) in [5, 5.41) is 3.58. The summed E-state index contributed by atoms with van der Waals surface area (Å²) in [7, 11) is 0. The summed E-state index contributed by atoms with van der Waals surface area (Å²) in [4.78, 5) is 0. The van der Waals surface area contributed by atoms with E-state index in [1.54, 1.807) is 0 Å². The van der Waals surface area contributed by atoms with Crippen LogP contribution in [0.5, 0.6) is 0 Å². The zero-order chi connectivity index (χ0) is 3.70. The Hall–Kier alpha value is 0.199. The molecule has 1 aliphatic heterocycles. The summed E-state index contributed by atoms with van der Waals surface area (Å²) in [6.45, 7) is 0. The summed E-state index contributed by atoms with van der Waals surface area (Å²) in [5.74, 6) is 0. The quantitative estimate of drug-likeness (QED) is 0.332. The summed E-state index contributed by atoms with van der Waals surface area (Å²) >= 11 is -2.34. The van der Waals surface area contributed by atoms with Crippen molar-refractivity contribution in [1.29, 1.82) is 0 Å². The van der Waals surface area contributed by atoms with Crippen molar-refractivity contribution in [3.63, 3.8) is 0 Å². The van der Waals surface area contributed by atoms with Gasteiger partial charge in [0.1, 0.15) is 0 Å². The van der Waals surface area contributed by atoms with Crippen LogP contribution >= 0.6 is 0 Å². The van der Waals surface area contributed by atoms with Gasteiger partial charge in [-0.05, 0) is 0 Å². The molecule has 1 fully saturated rings. The van der Waals surface area contributed by atoms with Crippen LogP contribution in [-0.2, 0) is 16.8 Å². The van der Waals surface area contributed by atoms with Crippen LogP contribution in [-0.4, -0.2) is 14.5 Å². The molecule has 0 aromatic heterocycles. The molecule has 0 aromatic rings. The fourth-order valence-electron chi connectivity index (χ4n) is 0.0505. The second-order valence-electron chi connectivity index (χ2n) is 0.408. The monoisotopic (exact) mass is 144 g/mol. The van der Waals surface area contributed by atoms with Gasteiger partial charge < -0.3 is 0 Å². The summed E-state index contributed by atoms with van der Waals surface area (Å²) in [6, 6.07) is 0. The number of hydrogen-bond acceptors (Lipinski definition) is 4. The Morgan fingerprint density at radius 2 is 1.80 bits per heavy atom. The Morgan fingerprint density at radius 3 is 1.80 bits per heavy atom. The van der Waals surface area contributed by atoms with Gasteiger partial charge >= 0.3 is 31.3 Å². The number of hydrogen-bond donors (Lipinski definition) is 0. The third kappa shape index (κ3) is 0.529. The molecule has 0 spiro atoms. The standard InChI is InChI=1S/O4Se/c1-5-3-2-4-5. The van der Waals surface area contributed by atoms with Crippen LogP contribution in [0.2, 0.25) is 0 Å². The van der Waals surface area contributed by atoms with Gasteiger partial charge in [0, 0.05) is 0 Å². The van der Waals surface area contributed by atoms with Gasteiger partial charge in [0.15, 0.2) is 0 Å². The molecule has 5 heteroatoms. The maximum atomic E-state index is 9.54. The third-order valence-electron chi connectivity index (χ3n) is 0.167. The van der Waals surface area contributed by atoms with E-state index < -0.39 is 14.5 Å². The van der Waals surface area contributed by atoms with Gasteiger partial charge in [-0.3, -0.25) is 0 Å². The first-order chi connectivity index (χ1) is 2.39. The average Bonchev–Trinajstić information content (AvgIpc) is 1.30. The predicted octanol–water partition coefficient (Wildman–Crippen LogP) is -0.705. The Morgan fingerprint density at radius 1 is 1.40 bits per heavy atom. The molecule has 0 bridgehead atoms. The molecule has 0 aromatic carbocycles. The zero-order valence-corrected chi connectivity index (χ0v) is 3.75. The van der Waals surface area contributed by atoms with Gasteiger partial charge in [0.25, 0.3) is 0 Å². The van der Waals surface area contributed by atoms with Crippen molar-refractivity contribution in [3.8, 4) is 0 Å². The van der Waals surface area contributed by atoms with E-state index in [0.29, 0.717) is 0 Å². The average molecular weight is 143 g/mol. The molecule has 0 unspecified atom stereocenters. The Kier molecular flexibility index (Phi) is 0.759. The first kappa shape index (κ1) is 3.39. The zero-order valence-electron chi connectivity index (χ0n) is 2.04. The molecule has 1 heterocycles. The van der Waals surface area contributed by atoms with Crippen LogP contribution < -0.4 is 0 Å². The molecule has 5 heavy (non-hydrogen) atoms. The van der Waals surface area contributed by atoms with Gasteiger partial charge in [-0.1, -0.05) is 0 Å². The molecule has 4 nitrogen and oxygen atoms in total. The van der Waals surface area contributed by atoms with E-state index in [9.17, 15) is 3.83 Å². The van der Waals surface area contributed by atoms with Crippen LogP contribution in [0.1, 0.15) is 0 Å². The molecule has 0 atom stereocenters. The molecule has 0 saturated carbocycles. The van der Waals surface area contributed by atoms with Crippen LogP contribution in [0, 0.1) is 0 Å². The molecular weight excluding hydrogens is 143 g/mol. The van der Waals surface area contributed by atoms with Gasteiger partial charge in [-0.25, -0.2) is 0 Å². The van der Waals surface area contributed by atoms with Crippen molar-refractivity contribution in [2.45, 2.75) is 0 Å². The van der Waals surface area contributed by atoms with E-state index in [2.05, 4.69) is 13.0 Å². The van der Waals surface area contributed by atoms with Gasteiger partial charge in [0.05, 0.1) is 0 Å². The van der Waals surface area contributed by atoms with E-state index in [1.165, 1.54) is 0 Å². The number of rotatable bonds is 0. The van der Waals surface area contributed by atoms with Crippen LogP contribution in [0.3, 0.4) is 0 Å². The van der Waals surface area contributed by atoms with Gasteiger partial charge in [-0.2, -0.15) is 0 Å². The molecule has 1 rings (SSSR count). The van der Waals surface area contributed by atoms with E-state index in [-0.39, 0.29) is 0 Å². The SMILES string of the molecule is O=[Se]1OOO1. The van der Waals surface area contributed by atoms with E-state index >= 15 is 0 Å². The Bertz CT molecular complexity index is 50.7. The first-order valence-corrected chi connectivity index (χ1v) is 2.93. The van der Waals surface area contributed by atoms with E-state index in [0.717, 1.165) is 0 Å². The van der Waals surface area contributed by atoms with Crippen molar-refractivity contribution in [2.75, 3.05) is 0 Å². The van der Waals surface area contributed by atoms with E-state index in [4.69, 9.17) is 0 Å². The normalized spacial score (nSPS) is 25.6. The molecule has 0 amide bonds. The summed E-state index contributed by atoms with van der Waals surface area (Å²) in [5.41, 5.74) is 0. The Balaban J connectivity index is 2.32. The first-order valence-electron chi connectivity index (χ1n) is 0.833. The second kappa shape index (κ2) is 1.12. The van der Waals surface area contributed by atoms with Crippen LogP contribution in [0.4, 0.5) is 0 Å². The summed E-state index contributed by atoms with van der Waals surface area (Å²) < 4.78 is 17.1. The van der Waals surface area contributed by atoms with E-state index in [1.807, 2.05) is 0 Å². The van der Waals surface area contributed by atoms with Crippen LogP contribution in [0.25, 0.3) is 0 Å². The summed E-state index contributed by atoms with van der Waals surface area (Å²) in [6.07, 6.45) is 0. The maximum absolute atomic E-state index is 9.54. The van der Waals surface area contributed by atoms with Crippen LogP contribution in [0.15, 0.2) is 0 Å². The minimum absolute atomic E-state index is 2.34. The van der Waals surface area contributed by atoms with Gasteiger partial charge in [0.2, 0.25) is 0 Å². The third-order valence-corrected chi connectivity index (χ3v) is 0.866. The van der Waals surface area contributed by atoms with Crippen molar-refractivity contribution in [3.05, 3.63) is 0 Å². The molecule has 0 N–H and O–H groups in total. The minimum atomic E-state index is -2.34. The predicted molar refractivity (Wildman–Crippen MR) is 9.70 cm³/mol. The van der Waals surface area contributed by atoms with Crippen molar-refractivity contribution >= 4 is 14.5 Å². The van der Waals surface area contributed by atoms with Crippen molar-refractivity contribution < 1.29 is 16.8 Å². The molecule has 0 radical (unpaired) electrons. The molecular formula is O4Se. The molecule has 0 aliphatic carbocycles. The van der Waals surface area contributed by atoms with Crippen molar-refractivity contribution in [2.24, 2.45) is 0 Å². The topological polar surface area (TPSA) is 44.8 Å². The molecule has 30 valence electrons. The molecule has 1 aliphatic rings. The molecule has 1 saturated heterocycles. The van der Waals surface area contributed by atoms with Crippen molar-refractivity contribution in [1.82, 2.24) is 0 Å². The fraction of sp³-hybridized carbons (Fsp3) is 0. The second-order valence-corrected chi connectivity index (χ2v) is 1.84. The van der Waals surface area contributed by atoms with Gasteiger partial charge in [-0.15, -0.1) is 0 Å².